The van der Waals surface area contributed by atoms with Crippen molar-refractivity contribution in [1.29, 1.82) is 0 Å². The molecule has 18 heavy (non-hydrogen) atoms. The van der Waals surface area contributed by atoms with Gasteiger partial charge in [0.05, 0.1) is 0 Å². The van der Waals surface area contributed by atoms with Crippen LogP contribution in [0.5, 0.6) is 0 Å². The summed E-state index contributed by atoms with van der Waals surface area (Å²) in [6.07, 6.45) is 3.46. The SMILES string of the molecule is CCCCN1CCc2ccc(C(=O)NO)cc2C1. The smallest absolute Gasteiger partial charge is 0.274 e. The van der Waals surface area contributed by atoms with Gasteiger partial charge < -0.3 is 0 Å². The number of hydroxylamine groups is 1. The lowest BCUT2D eigenvalue weighted by Gasteiger charge is -2.28. The van der Waals surface area contributed by atoms with E-state index in [1.54, 1.807) is 11.5 Å². The van der Waals surface area contributed by atoms with E-state index < -0.39 is 5.91 Å². The van der Waals surface area contributed by atoms with Crippen molar-refractivity contribution >= 4 is 5.91 Å². The maximum atomic E-state index is 11.4. The number of unbranched alkanes of at least 4 members (excludes halogenated alkanes) is 1. The van der Waals surface area contributed by atoms with E-state index in [1.165, 1.54) is 24.0 Å². The van der Waals surface area contributed by atoms with Crippen LogP contribution in [0.15, 0.2) is 18.2 Å². The van der Waals surface area contributed by atoms with Gasteiger partial charge in [-0.2, -0.15) is 0 Å². The Bertz CT molecular complexity index is 432. The highest BCUT2D eigenvalue weighted by Crippen LogP contribution is 2.20. The lowest BCUT2D eigenvalue weighted by atomic mass is 9.97. The van der Waals surface area contributed by atoms with E-state index >= 15 is 0 Å². The van der Waals surface area contributed by atoms with Crippen LogP contribution in [0.1, 0.15) is 41.3 Å². The third-order valence-electron chi connectivity index (χ3n) is 3.49. The van der Waals surface area contributed by atoms with Crippen molar-refractivity contribution in [3.05, 3.63) is 34.9 Å². The predicted molar refractivity (Wildman–Crippen MR) is 69.6 cm³/mol. The van der Waals surface area contributed by atoms with Gasteiger partial charge in [0.15, 0.2) is 0 Å². The molecule has 0 saturated carbocycles. The minimum Gasteiger partial charge on any atom is -0.299 e. The highest BCUT2D eigenvalue weighted by atomic mass is 16.5. The van der Waals surface area contributed by atoms with Gasteiger partial charge in [0.1, 0.15) is 0 Å². The van der Waals surface area contributed by atoms with Crippen molar-refractivity contribution in [1.82, 2.24) is 10.4 Å². The van der Waals surface area contributed by atoms with Gasteiger partial charge in [-0.3, -0.25) is 14.9 Å². The van der Waals surface area contributed by atoms with E-state index in [1.807, 2.05) is 12.1 Å². The monoisotopic (exact) mass is 248 g/mol. The van der Waals surface area contributed by atoms with Crippen LogP contribution in [0.2, 0.25) is 0 Å². The first kappa shape index (κ1) is 13.1. The normalized spacial score (nSPS) is 15.2. The Balaban J connectivity index is 2.11. The molecule has 2 N–H and O–H groups in total. The largest absolute Gasteiger partial charge is 0.299 e. The number of benzene rings is 1. The van der Waals surface area contributed by atoms with Crippen LogP contribution < -0.4 is 5.48 Å². The Kier molecular flexibility index (Phi) is 4.33. The molecule has 0 bridgehead atoms. The van der Waals surface area contributed by atoms with Crippen LogP contribution in [0.25, 0.3) is 0 Å². The van der Waals surface area contributed by atoms with Crippen molar-refractivity contribution < 1.29 is 10.0 Å². The van der Waals surface area contributed by atoms with Gasteiger partial charge in [0.25, 0.3) is 5.91 Å². The summed E-state index contributed by atoms with van der Waals surface area (Å²) in [6, 6.07) is 5.65. The van der Waals surface area contributed by atoms with Crippen LogP contribution in [-0.2, 0) is 13.0 Å². The topological polar surface area (TPSA) is 52.6 Å². The maximum absolute atomic E-state index is 11.4. The van der Waals surface area contributed by atoms with Crippen LogP contribution in [0.4, 0.5) is 0 Å². The fraction of sp³-hybridized carbons (Fsp3) is 0.500. The molecule has 1 heterocycles. The number of nitrogens with zero attached hydrogens (tertiary/aromatic N) is 1. The predicted octanol–water partition coefficient (Wildman–Crippen LogP) is 1.96. The second-order valence-electron chi connectivity index (χ2n) is 4.80. The molecule has 1 amide bonds. The Morgan fingerprint density at radius 3 is 3.00 bits per heavy atom. The average molecular weight is 248 g/mol. The quantitative estimate of drug-likeness (QED) is 0.632. The minimum atomic E-state index is -0.441. The lowest BCUT2D eigenvalue weighted by molar-refractivity contribution is 0.0706. The third kappa shape index (κ3) is 2.89. The number of carbonyl (C=O) groups excluding carboxylic acids is 1. The zero-order valence-electron chi connectivity index (χ0n) is 10.8. The molecule has 1 aliphatic heterocycles. The van der Waals surface area contributed by atoms with Crippen LogP contribution >= 0.6 is 0 Å². The summed E-state index contributed by atoms with van der Waals surface area (Å²) >= 11 is 0. The van der Waals surface area contributed by atoms with Crippen molar-refractivity contribution in [3.8, 4) is 0 Å². The maximum Gasteiger partial charge on any atom is 0.274 e. The number of hydrogen-bond acceptors (Lipinski definition) is 3. The van der Waals surface area contributed by atoms with Crippen molar-refractivity contribution in [2.24, 2.45) is 0 Å². The summed E-state index contributed by atoms with van der Waals surface area (Å²) in [6.45, 7) is 5.31. The molecule has 0 fully saturated rings. The molecule has 0 unspecified atom stereocenters. The van der Waals surface area contributed by atoms with E-state index in [2.05, 4.69) is 11.8 Å². The van der Waals surface area contributed by atoms with Crippen LogP contribution in [0, 0.1) is 0 Å². The molecule has 2 rings (SSSR count). The summed E-state index contributed by atoms with van der Waals surface area (Å²) in [5, 5.41) is 8.65. The Morgan fingerprint density at radius 1 is 1.44 bits per heavy atom. The molecule has 0 atom stereocenters. The first-order chi connectivity index (χ1) is 8.74. The molecule has 98 valence electrons. The summed E-state index contributed by atoms with van der Waals surface area (Å²) in [7, 11) is 0. The number of carbonyl (C=O) groups is 1. The molecule has 0 radical (unpaired) electrons. The molecule has 4 heteroatoms. The Hall–Kier alpha value is -1.39. The summed E-state index contributed by atoms with van der Waals surface area (Å²) < 4.78 is 0. The second-order valence-corrected chi connectivity index (χ2v) is 4.80. The number of amides is 1. The van der Waals surface area contributed by atoms with Gasteiger partial charge in [0, 0.05) is 18.7 Å². The Labute approximate surface area is 108 Å². The molecule has 0 spiro atoms. The lowest BCUT2D eigenvalue weighted by Crippen LogP contribution is -2.31. The first-order valence-electron chi connectivity index (χ1n) is 6.53. The number of hydrogen-bond donors (Lipinski definition) is 2. The van der Waals surface area contributed by atoms with Gasteiger partial charge >= 0.3 is 0 Å². The summed E-state index contributed by atoms with van der Waals surface area (Å²) in [5.41, 5.74) is 4.73. The van der Waals surface area contributed by atoms with Gasteiger partial charge in [-0.25, -0.2) is 5.48 Å². The van der Waals surface area contributed by atoms with Crippen molar-refractivity contribution in [2.45, 2.75) is 32.7 Å². The molecular formula is C14H20N2O2. The van der Waals surface area contributed by atoms with E-state index in [4.69, 9.17) is 5.21 Å². The Morgan fingerprint density at radius 2 is 2.28 bits per heavy atom. The molecular weight excluding hydrogens is 228 g/mol. The third-order valence-corrected chi connectivity index (χ3v) is 3.49. The number of fused-ring (bicyclic) bond motifs is 1. The van der Waals surface area contributed by atoms with Gasteiger partial charge in [-0.05, 0) is 42.6 Å². The fourth-order valence-electron chi connectivity index (χ4n) is 2.39. The van der Waals surface area contributed by atoms with Crippen molar-refractivity contribution in [3.63, 3.8) is 0 Å². The molecule has 0 saturated heterocycles. The van der Waals surface area contributed by atoms with Crippen LogP contribution in [-0.4, -0.2) is 29.1 Å². The molecule has 1 aromatic carbocycles. The number of rotatable bonds is 4. The summed E-state index contributed by atoms with van der Waals surface area (Å²) in [4.78, 5) is 13.8. The molecule has 0 aliphatic carbocycles. The molecule has 1 aromatic rings. The highest BCUT2D eigenvalue weighted by molar-refractivity contribution is 5.93. The minimum absolute atomic E-state index is 0.441. The number of nitrogens with one attached hydrogen (secondary N) is 1. The van der Waals surface area contributed by atoms with Gasteiger partial charge in [-0.15, -0.1) is 0 Å². The second kappa shape index (κ2) is 5.98. The van der Waals surface area contributed by atoms with Crippen LogP contribution in [0.3, 0.4) is 0 Å². The molecule has 4 nitrogen and oxygen atoms in total. The zero-order chi connectivity index (χ0) is 13.0. The standard InChI is InChI=1S/C14H20N2O2/c1-2-3-7-16-8-6-11-4-5-12(14(17)15-18)9-13(11)10-16/h4-5,9,18H,2-3,6-8,10H2,1H3,(H,15,17). The van der Waals surface area contributed by atoms with E-state index in [0.29, 0.717) is 5.56 Å². The van der Waals surface area contributed by atoms with Gasteiger partial charge in [-0.1, -0.05) is 19.4 Å². The van der Waals surface area contributed by atoms with Crippen molar-refractivity contribution in [2.75, 3.05) is 13.1 Å². The average Bonchev–Trinajstić information content (AvgIpc) is 2.43. The zero-order valence-corrected chi connectivity index (χ0v) is 10.8. The first-order valence-corrected chi connectivity index (χ1v) is 6.53. The fourth-order valence-corrected chi connectivity index (χ4v) is 2.39. The van der Waals surface area contributed by atoms with E-state index in [0.717, 1.165) is 26.1 Å². The molecule has 1 aliphatic rings. The van der Waals surface area contributed by atoms with Gasteiger partial charge in [0.2, 0.25) is 0 Å². The summed E-state index contributed by atoms with van der Waals surface area (Å²) in [5.74, 6) is -0.441. The van der Waals surface area contributed by atoms with E-state index in [9.17, 15) is 4.79 Å². The van der Waals surface area contributed by atoms with E-state index in [-0.39, 0.29) is 0 Å². The highest BCUT2D eigenvalue weighted by Gasteiger charge is 2.17. The molecule has 0 aromatic heterocycles.